The largest absolute Gasteiger partial charge is 0.457 e. The monoisotopic (exact) mass is 362 g/mol. The van der Waals surface area contributed by atoms with Crippen molar-refractivity contribution in [2.45, 2.75) is 17.9 Å². The Morgan fingerprint density at radius 2 is 1.72 bits per heavy atom. The molecule has 0 unspecified atom stereocenters. The summed E-state index contributed by atoms with van der Waals surface area (Å²) < 4.78 is 5.26. The van der Waals surface area contributed by atoms with Crippen LogP contribution in [0.15, 0.2) is 53.4 Å². The second-order valence-corrected chi connectivity index (χ2v) is 6.07. The summed E-state index contributed by atoms with van der Waals surface area (Å²) in [5, 5.41) is 21.4. The van der Waals surface area contributed by atoms with E-state index in [0.29, 0.717) is 10.5 Å². The lowest BCUT2D eigenvalue weighted by Crippen LogP contribution is -2.11. The summed E-state index contributed by atoms with van der Waals surface area (Å²) in [4.78, 5) is 33.0. The minimum absolute atomic E-state index is 0.0220. The summed E-state index contributed by atoms with van der Waals surface area (Å²) in [6.07, 6.45) is -0.620. The van der Waals surface area contributed by atoms with E-state index < -0.39 is 21.9 Å². The maximum Gasteiger partial charge on any atom is 0.316 e. The van der Waals surface area contributed by atoms with Gasteiger partial charge >= 0.3 is 5.97 Å². The number of thioether (sulfide) groups is 1. The topological polar surface area (TPSA) is 113 Å². The number of nitro groups is 2. The van der Waals surface area contributed by atoms with Crippen LogP contribution in [-0.4, -0.2) is 21.6 Å². The summed E-state index contributed by atoms with van der Waals surface area (Å²) in [6, 6.07) is 11.7. The van der Waals surface area contributed by atoms with Crippen molar-refractivity contribution in [2.24, 2.45) is 0 Å². The normalized spacial score (nSPS) is 11.6. The first-order chi connectivity index (χ1) is 11.9. The fraction of sp³-hybridized carbons (Fsp3) is 0.188. The molecule has 0 bridgehead atoms. The summed E-state index contributed by atoms with van der Waals surface area (Å²) in [6.45, 7) is 1.63. The van der Waals surface area contributed by atoms with Gasteiger partial charge in [0.05, 0.1) is 15.6 Å². The first-order valence-corrected chi connectivity index (χ1v) is 8.16. The van der Waals surface area contributed by atoms with E-state index in [1.54, 1.807) is 25.1 Å². The lowest BCUT2D eigenvalue weighted by atomic mass is 10.1. The van der Waals surface area contributed by atoms with Crippen LogP contribution in [0.5, 0.6) is 0 Å². The average molecular weight is 362 g/mol. The highest BCUT2D eigenvalue weighted by Gasteiger charge is 2.15. The van der Waals surface area contributed by atoms with Gasteiger partial charge in [0.1, 0.15) is 6.10 Å². The van der Waals surface area contributed by atoms with Crippen LogP contribution in [0, 0.1) is 20.2 Å². The van der Waals surface area contributed by atoms with Crippen molar-refractivity contribution in [1.29, 1.82) is 0 Å². The molecule has 25 heavy (non-hydrogen) atoms. The number of hydrogen-bond acceptors (Lipinski definition) is 7. The molecule has 0 aromatic heterocycles. The van der Waals surface area contributed by atoms with E-state index in [1.165, 1.54) is 42.1 Å². The zero-order valence-corrected chi connectivity index (χ0v) is 14.0. The van der Waals surface area contributed by atoms with Crippen LogP contribution in [0.1, 0.15) is 18.6 Å². The number of ether oxygens (including phenoxy) is 1. The first-order valence-electron chi connectivity index (χ1n) is 7.18. The molecule has 0 radical (unpaired) electrons. The molecule has 2 aromatic carbocycles. The summed E-state index contributed by atoms with van der Waals surface area (Å²) in [5.74, 6) is -0.459. The molecule has 2 rings (SSSR count). The molecule has 1 atom stereocenters. The van der Waals surface area contributed by atoms with E-state index >= 15 is 0 Å². The molecule has 2 aromatic rings. The van der Waals surface area contributed by atoms with Crippen molar-refractivity contribution in [3.8, 4) is 0 Å². The van der Waals surface area contributed by atoms with Gasteiger partial charge in [-0.05, 0) is 24.6 Å². The van der Waals surface area contributed by atoms with Gasteiger partial charge in [-0.1, -0.05) is 12.1 Å². The Labute approximate surface area is 147 Å². The molecule has 0 aliphatic rings. The molecule has 0 saturated carbocycles. The van der Waals surface area contributed by atoms with Crippen LogP contribution < -0.4 is 0 Å². The van der Waals surface area contributed by atoms with Gasteiger partial charge in [0.25, 0.3) is 11.4 Å². The number of benzene rings is 2. The number of esters is 1. The van der Waals surface area contributed by atoms with Gasteiger partial charge < -0.3 is 4.74 Å². The van der Waals surface area contributed by atoms with Crippen LogP contribution in [-0.2, 0) is 9.53 Å². The van der Waals surface area contributed by atoms with Gasteiger partial charge in [0.2, 0.25) is 0 Å². The van der Waals surface area contributed by atoms with Gasteiger partial charge in [-0.2, -0.15) is 0 Å². The van der Waals surface area contributed by atoms with Crippen LogP contribution >= 0.6 is 11.8 Å². The van der Waals surface area contributed by atoms with Gasteiger partial charge in [-0.15, -0.1) is 11.8 Å². The molecule has 0 aliphatic carbocycles. The summed E-state index contributed by atoms with van der Waals surface area (Å²) >= 11 is 1.19. The van der Waals surface area contributed by atoms with E-state index in [1.807, 2.05) is 0 Å². The average Bonchev–Trinajstić information content (AvgIpc) is 2.60. The highest BCUT2D eigenvalue weighted by molar-refractivity contribution is 8.00. The third-order valence-corrected chi connectivity index (χ3v) is 4.25. The minimum Gasteiger partial charge on any atom is -0.457 e. The van der Waals surface area contributed by atoms with E-state index in [0.717, 1.165) is 0 Å². The fourth-order valence-corrected chi connectivity index (χ4v) is 2.68. The predicted molar refractivity (Wildman–Crippen MR) is 91.4 cm³/mol. The first kappa shape index (κ1) is 18.4. The van der Waals surface area contributed by atoms with Gasteiger partial charge in [-0.25, -0.2) is 0 Å². The fourth-order valence-electron chi connectivity index (χ4n) is 2.00. The van der Waals surface area contributed by atoms with Crippen molar-refractivity contribution < 1.29 is 19.4 Å². The van der Waals surface area contributed by atoms with E-state index in [-0.39, 0.29) is 17.1 Å². The van der Waals surface area contributed by atoms with E-state index in [9.17, 15) is 25.0 Å². The second-order valence-electron chi connectivity index (χ2n) is 5.02. The van der Waals surface area contributed by atoms with E-state index in [2.05, 4.69) is 0 Å². The molecular formula is C16H14N2O6S. The Morgan fingerprint density at radius 3 is 2.32 bits per heavy atom. The third-order valence-electron chi connectivity index (χ3n) is 3.26. The molecule has 9 heteroatoms. The van der Waals surface area contributed by atoms with Crippen molar-refractivity contribution >= 4 is 29.1 Å². The number of carbonyl (C=O) groups is 1. The Morgan fingerprint density at radius 1 is 1.08 bits per heavy atom. The number of hydrogen-bond donors (Lipinski definition) is 0. The van der Waals surface area contributed by atoms with Crippen molar-refractivity contribution in [3.63, 3.8) is 0 Å². The van der Waals surface area contributed by atoms with Gasteiger partial charge in [0, 0.05) is 29.2 Å². The highest BCUT2D eigenvalue weighted by Crippen LogP contribution is 2.24. The number of non-ortho nitro benzene ring substituents is 2. The van der Waals surface area contributed by atoms with Crippen LogP contribution in [0.3, 0.4) is 0 Å². The molecule has 0 heterocycles. The maximum absolute atomic E-state index is 11.9. The Balaban J connectivity index is 1.90. The minimum atomic E-state index is -0.620. The number of nitrogens with zero attached hydrogens (tertiary/aromatic N) is 2. The Bertz CT molecular complexity index is 793. The molecular weight excluding hydrogens is 348 g/mol. The molecule has 0 saturated heterocycles. The molecule has 0 amide bonds. The quantitative estimate of drug-likeness (QED) is 0.318. The smallest absolute Gasteiger partial charge is 0.316 e. The standard InChI is InChI=1S/C16H14N2O6S/c1-11(12-3-2-4-14(9-12)18(22)23)24-16(19)10-25-15-7-5-13(6-8-15)17(20)21/h2-9,11H,10H2,1H3/t11-/m0/s1. The van der Waals surface area contributed by atoms with E-state index in [4.69, 9.17) is 4.74 Å². The number of rotatable bonds is 7. The van der Waals surface area contributed by atoms with Gasteiger partial charge in [-0.3, -0.25) is 25.0 Å². The third kappa shape index (κ3) is 5.28. The SMILES string of the molecule is C[C@H](OC(=O)CSc1ccc([N+](=O)[O-])cc1)c1cccc([N+](=O)[O-])c1. The maximum atomic E-state index is 11.9. The van der Waals surface area contributed by atoms with Crippen molar-refractivity contribution in [3.05, 3.63) is 74.3 Å². The van der Waals surface area contributed by atoms with Crippen LogP contribution in [0.25, 0.3) is 0 Å². The van der Waals surface area contributed by atoms with Crippen LogP contribution in [0.2, 0.25) is 0 Å². The lowest BCUT2D eigenvalue weighted by molar-refractivity contribution is -0.385. The number of carbonyl (C=O) groups excluding carboxylic acids is 1. The molecule has 0 N–H and O–H groups in total. The van der Waals surface area contributed by atoms with Crippen LogP contribution in [0.4, 0.5) is 11.4 Å². The molecule has 0 aliphatic heterocycles. The molecule has 8 nitrogen and oxygen atoms in total. The summed E-state index contributed by atoms with van der Waals surface area (Å²) in [5.41, 5.74) is 0.440. The molecule has 0 spiro atoms. The molecule has 130 valence electrons. The van der Waals surface area contributed by atoms with Crippen molar-refractivity contribution in [1.82, 2.24) is 0 Å². The van der Waals surface area contributed by atoms with Crippen molar-refractivity contribution in [2.75, 3.05) is 5.75 Å². The highest BCUT2D eigenvalue weighted by atomic mass is 32.2. The zero-order chi connectivity index (χ0) is 18.4. The second kappa shape index (κ2) is 8.25. The lowest BCUT2D eigenvalue weighted by Gasteiger charge is -2.13. The molecule has 0 fully saturated rings. The number of nitro benzene ring substituents is 2. The Kier molecular flexibility index (Phi) is 6.07. The predicted octanol–water partition coefficient (Wildman–Crippen LogP) is 3.90. The van der Waals surface area contributed by atoms with Gasteiger partial charge in [0.15, 0.2) is 0 Å². The zero-order valence-electron chi connectivity index (χ0n) is 13.2. The summed E-state index contributed by atoms with van der Waals surface area (Å²) in [7, 11) is 0. The Hall–Kier alpha value is -2.94.